The highest BCUT2D eigenvalue weighted by atomic mass is 16.7. The summed E-state index contributed by atoms with van der Waals surface area (Å²) in [6.45, 7) is 5.29. The maximum Gasteiger partial charge on any atom is 0.217 e. The number of ketones is 1. The fraction of sp³-hybridized carbons (Fsp3) is 0.444. The zero-order valence-electron chi connectivity index (χ0n) is 13.9. The van der Waals surface area contributed by atoms with Gasteiger partial charge in [0.05, 0.1) is 13.2 Å². The van der Waals surface area contributed by atoms with Crippen molar-refractivity contribution in [3.8, 4) is 0 Å². The van der Waals surface area contributed by atoms with E-state index in [2.05, 4.69) is 11.9 Å². The summed E-state index contributed by atoms with van der Waals surface area (Å²) in [7, 11) is 0. The summed E-state index contributed by atoms with van der Waals surface area (Å²) >= 11 is 0. The third-order valence-corrected chi connectivity index (χ3v) is 4.00. The molecule has 7 nitrogen and oxygen atoms in total. The maximum atomic E-state index is 12.9. The number of fused-ring (bicyclic) bond motifs is 1. The molecule has 2 heterocycles. The van der Waals surface area contributed by atoms with Gasteiger partial charge in [-0.05, 0) is 0 Å². The monoisotopic (exact) mass is 347 g/mol. The van der Waals surface area contributed by atoms with Crippen LogP contribution in [0.3, 0.4) is 0 Å². The summed E-state index contributed by atoms with van der Waals surface area (Å²) in [6, 6.07) is 8.41. The van der Waals surface area contributed by atoms with Crippen LogP contribution in [0.1, 0.15) is 18.8 Å². The molecular weight excluding hydrogens is 326 g/mol. The van der Waals surface area contributed by atoms with Gasteiger partial charge in [-0.1, -0.05) is 36.4 Å². The van der Waals surface area contributed by atoms with Crippen molar-refractivity contribution in [3.05, 3.63) is 48.6 Å². The summed E-state index contributed by atoms with van der Waals surface area (Å²) in [5, 5.41) is 2.58. The molecule has 0 unspecified atom stereocenters. The summed E-state index contributed by atoms with van der Waals surface area (Å²) < 4.78 is 22.8. The Balaban J connectivity index is 1.76. The van der Waals surface area contributed by atoms with Gasteiger partial charge < -0.3 is 24.3 Å². The second kappa shape index (κ2) is 7.88. The van der Waals surface area contributed by atoms with Gasteiger partial charge in [0.25, 0.3) is 0 Å². The Labute approximate surface area is 145 Å². The zero-order chi connectivity index (χ0) is 17.8. The second-order valence-electron chi connectivity index (χ2n) is 5.88. The Kier molecular flexibility index (Phi) is 5.60. The first-order chi connectivity index (χ1) is 12.1. The number of hydrogen-bond acceptors (Lipinski definition) is 6. The normalized spacial score (nSPS) is 31.9. The number of nitrogens with one attached hydrogen (secondary N) is 1. The van der Waals surface area contributed by atoms with Crippen LogP contribution in [-0.4, -0.2) is 49.4 Å². The molecule has 2 saturated heterocycles. The van der Waals surface area contributed by atoms with Crippen LogP contribution in [0.2, 0.25) is 0 Å². The quantitative estimate of drug-likeness (QED) is 0.803. The van der Waals surface area contributed by atoms with Gasteiger partial charge in [-0.3, -0.25) is 9.59 Å². The van der Waals surface area contributed by atoms with Crippen LogP contribution in [0.5, 0.6) is 0 Å². The topological polar surface area (TPSA) is 83.1 Å². The molecule has 1 aromatic rings. The molecule has 2 fully saturated rings. The second-order valence-corrected chi connectivity index (χ2v) is 5.88. The molecule has 0 radical (unpaired) electrons. The molecule has 1 N–H and O–H groups in total. The zero-order valence-corrected chi connectivity index (χ0v) is 13.9. The fourth-order valence-electron chi connectivity index (χ4n) is 2.89. The average molecular weight is 347 g/mol. The SMILES string of the molecule is C=CCO[C@H]1O[C@@H]2CO[C@@H](c3ccccc3)O[C@H]2C(=O)[C@H]1NC(C)=O. The van der Waals surface area contributed by atoms with Crippen LogP contribution in [0, 0.1) is 0 Å². The van der Waals surface area contributed by atoms with Crippen molar-refractivity contribution in [2.45, 2.75) is 37.8 Å². The molecule has 0 bridgehead atoms. The minimum atomic E-state index is -0.937. The predicted molar refractivity (Wildman–Crippen MR) is 87.4 cm³/mol. The smallest absolute Gasteiger partial charge is 0.217 e. The largest absolute Gasteiger partial charge is 0.346 e. The first-order valence-corrected chi connectivity index (χ1v) is 8.11. The lowest BCUT2D eigenvalue weighted by molar-refractivity contribution is -0.304. The van der Waals surface area contributed by atoms with Crippen molar-refractivity contribution in [3.63, 3.8) is 0 Å². The molecule has 7 heteroatoms. The van der Waals surface area contributed by atoms with Gasteiger partial charge in [0, 0.05) is 12.5 Å². The van der Waals surface area contributed by atoms with E-state index in [1.165, 1.54) is 6.92 Å². The molecule has 5 atom stereocenters. The Morgan fingerprint density at radius 3 is 2.80 bits per heavy atom. The summed E-state index contributed by atoms with van der Waals surface area (Å²) in [5.74, 6) is -0.635. The van der Waals surface area contributed by atoms with E-state index in [-0.39, 0.29) is 24.9 Å². The number of hydrogen-bond donors (Lipinski definition) is 1. The molecule has 134 valence electrons. The standard InChI is InChI=1S/C18H21NO6/c1-3-9-22-18-14(19-11(2)20)15(21)16-13(24-18)10-23-17(25-16)12-7-5-4-6-8-12/h3-8,13-14,16-18H,1,9-10H2,2H3,(H,19,20)/t13-,14-,16-,17-,18+/m1/s1. The average Bonchev–Trinajstić information content (AvgIpc) is 2.63. The number of Topliss-reactive ketones (excluding diaryl/α,β-unsaturated/α-hetero) is 1. The van der Waals surface area contributed by atoms with Gasteiger partial charge in [-0.15, -0.1) is 6.58 Å². The highest BCUT2D eigenvalue weighted by Crippen LogP contribution is 2.32. The van der Waals surface area contributed by atoms with Gasteiger partial charge in [-0.25, -0.2) is 0 Å². The van der Waals surface area contributed by atoms with Gasteiger partial charge >= 0.3 is 0 Å². The van der Waals surface area contributed by atoms with Crippen molar-refractivity contribution < 1.29 is 28.5 Å². The summed E-state index contributed by atoms with van der Waals surface area (Å²) in [5.41, 5.74) is 0.815. The van der Waals surface area contributed by atoms with Crippen molar-refractivity contribution in [2.24, 2.45) is 0 Å². The Morgan fingerprint density at radius 1 is 1.36 bits per heavy atom. The molecule has 0 spiro atoms. The molecular formula is C18H21NO6. The Hall–Kier alpha value is -2.06. The number of benzene rings is 1. The molecule has 2 aliphatic rings. The molecule has 3 rings (SSSR count). The van der Waals surface area contributed by atoms with Crippen LogP contribution < -0.4 is 5.32 Å². The van der Waals surface area contributed by atoms with E-state index < -0.39 is 30.8 Å². The lowest BCUT2D eigenvalue weighted by atomic mass is 9.97. The van der Waals surface area contributed by atoms with Gasteiger partial charge in [0.2, 0.25) is 5.91 Å². The van der Waals surface area contributed by atoms with Gasteiger partial charge in [-0.2, -0.15) is 0 Å². The van der Waals surface area contributed by atoms with Crippen LogP contribution in [0.25, 0.3) is 0 Å². The summed E-state index contributed by atoms with van der Waals surface area (Å²) in [6.07, 6.45) is -1.44. The number of ether oxygens (including phenoxy) is 4. The third kappa shape index (κ3) is 3.96. The van der Waals surface area contributed by atoms with E-state index in [4.69, 9.17) is 18.9 Å². The van der Waals surface area contributed by atoms with E-state index >= 15 is 0 Å². The number of amides is 1. The molecule has 1 amide bonds. The highest BCUT2D eigenvalue weighted by Gasteiger charge is 2.50. The lowest BCUT2D eigenvalue weighted by Crippen LogP contribution is -2.64. The summed E-state index contributed by atoms with van der Waals surface area (Å²) in [4.78, 5) is 24.3. The number of carbonyl (C=O) groups excluding carboxylic acids is 2. The first-order valence-electron chi connectivity index (χ1n) is 8.11. The molecule has 0 aromatic heterocycles. The van der Waals surface area contributed by atoms with Gasteiger partial charge in [0.15, 0.2) is 18.4 Å². The predicted octanol–water partition coefficient (Wildman–Crippen LogP) is 1.10. The van der Waals surface area contributed by atoms with Crippen molar-refractivity contribution >= 4 is 11.7 Å². The van der Waals surface area contributed by atoms with Gasteiger partial charge in [0.1, 0.15) is 18.2 Å². The van der Waals surface area contributed by atoms with Crippen LogP contribution >= 0.6 is 0 Å². The van der Waals surface area contributed by atoms with Crippen molar-refractivity contribution in [1.29, 1.82) is 0 Å². The van der Waals surface area contributed by atoms with Crippen LogP contribution in [-0.2, 0) is 28.5 Å². The minimum absolute atomic E-state index is 0.191. The van der Waals surface area contributed by atoms with E-state index in [1.54, 1.807) is 6.08 Å². The van der Waals surface area contributed by atoms with Crippen LogP contribution in [0.15, 0.2) is 43.0 Å². The van der Waals surface area contributed by atoms with E-state index in [9.17, 15) is 9.59 Å². The van der Waals surface area contributed by atoms with Crippen molar-refractivity contribution in [1.82, 2.24) is 5.32 Å². The maximum absolute atomic E-state index is 12.9. The molecule has 25 heavy (non-hydrogen) atoms. The molecule has 0 saturated carbocycles. The number of carbonyl (C=O) groups is 2. The van der Waals surface area contributed by atoms with E-state index in [0.717, 1.165) is 5.56 Å². The molecule has 2 aliphatic heterocycles. The number of rotatable bonds is 5. The fourth-order valence-corrected chi connectivity index (χ4v) is 2.89. The van der Waals surface area contributed by atoms with Crippen LogP contribution in [0.4, 0.5) is 0 Å². The molecule has 0 aliphatic carbocycles. The lowest BCUT2D eigenvalue weighted by Gasteiger charge is -2.43. The highest BCUT2D eigenvalue weighted by molar-refractivity contribution is 5.93. The van der Waals surface area contributed by atoms with E-state index in [0.29, 0.717) is 0 Å². The van der Waals surface area contributed by atoms with Crippen molar-refractivity contribution in [2.75, 3.05) is 13.2 Å². The Bertz CT molecular complexity index is 634. The Morgan fingerprint density at radius 2 is 2.12 bits per heavy atom. The molecule has 1 aromatic carbocycles. The first kappa shape index (κ1) is 17.8. The minimum Gasteiger partial charge on any atom is -0.346 e. The third-order valence-electron chi connectivity index (χ3n) is 4.00. The van der Waals surface area contributed by atoms with E-state index in [1.807, 2.05) is 30.3 Å².